The Morgan fingerprint density at radius 3 is 1.55 bits per heavy atom. The van der Waals surface area contributed by atoms with Gasteiger partial charge in [-0.3, -0.25) is 0 Å². The number of carboxylic acid groups (broad SMARTS) is 1. The highest BCUT2D eigenvalue weighted by Gasteiger charge is 2.21. The van der Waals surface area contributed by atoms with Gasteiger partial charge in [-0.05, 0) is 29.3 Å². The standard InChI is InChI=1S/C17H14N4O6S2/c1-28(24,25)15-13(6-18-8-20-15)10-3-11(5-12(4-10)17(22)23)14-7-19-9-21-16(14)29(2,26)27/h3-9H,1-2H3,(H,22,23). The molecular weight excluding hydrogens is 420 g/mol. The van der Waals surface area contributed by atoms with Crippen LogP contribution in [-0.2, 0) is 19.7 Å². The van der Waals surface area contributed by atoms with E-state index >= 15 is 0 Å². The SMILES string of the molecule is CS(=O)(=O)c1ncncc1-c1cc(C(=O)O)cc(-c2cncnc2S(C)(=O)=O)c1. The third-order valence-electron chi connectivity index (χ3n) is 3.86. The summed E-state index contributed by atoms with van der Waals surface area (Å²) in [5, 5.41) is 8.92. The molecular formula is C17H14N4O6S2. The number of rotatable bonds is 5. The molecule has 0 aliphatic rings. The largest absolute Gasteiger partial charge is 0.478 e. The normalized spacial score (nSPS) is 11.9. The lowest BCUT2D eigenvalue weighted by atomic mass is 9.98. The highest BCUT2D eigenvalue weighted by Crippen LogP contribution is 2.32. The summed E-state index contributed by atoms with van der Waals surface area (Å²) in [4.78, 5) is 26.9. The fourth-order valence-corrected chi connectivity index (χ4v) is 4.30. The lowest BCUT2D eigenvalue weighted by Crippen LogP contribution is -2.06. The Labute approximate surface area is 166 Å². The third kappa shape index (κ3) is 4.27. The summed E-state index contributed by atoms with van der Waals surface area (Å²) < 4.78 is 48.3. The van der Waals surface area contributed by atoms with Crippen LogP contribution < -0.4 is 0 Å². The van der Waals surface area contributed by atoms with Gasteiger partial charge < -0.3 is 5.11 Å². The van der Waals surface area contributed by atoms with Crippen LogP contribution in [0.4, 0.5) is 0 Å². The zero-order chi connectivity index (χ0) is 21.4. The van der Waals surface area contributed by atoms with Crippen molar-refractivity contribution in [2.45, 2.75) is 10.1 Å². The number of carbonyl (C=O) groups is 1. The molecule has 3 aromatic rings. The molecule has 0 saturated carbocycles. The molecule has 0 fully saturated rings. The maximum atomic E-state index is 12.1. The van der Waals surface area contributed by atoms with Crippen molar-refractivity contribution in [3.8, 4) is 22.3 Å². The monoisotopic (exact) mass is 434 g/mol. The number of hydrogen-bond acceptors (Lipinski definition) is 9. The zero-order valence-corrected chi connectivity index (χ0v) is 16.8. The number of sulfone groups is 2. The summed E-state index contributed by atoms with van der Waals surface area (Å²) >= 11 is 0. The van der Waals surface area contributed by atoms with Gasteiger partial charge in [0.25, 0.3) is 0 Å². The van der Waals surface area contributed by atoms with Gasteiger partial charge in [0, 0.05) is 36.0 Å². The molecule has 0 radical (unpaired) electrons. The van der Waals surface area contributed by atoms with E-state index in [-0.39, 0.29) is 37.9 Å². The molecule has 29 heavy (non-hydrogen) atoms. The molecule has 0 bridgehead atoms. The molecule has 0 unspecified atom stereocenters. The smallest absolute Gasteiger partial charge is 0.335 e. The molecule has 150 valence electrons. The van der Waals surface area contributed by atoms with Crippen LogP contribution in [0.25, 0.3) is 22.3 Å². The first-order valence-corrected chi connectivity index (χ1v) is 11.7. The molecule has 0 amide bonds. The van der Waals surface area contributed by atoms with Crippen LogP contribution in [-0.4, -0.2) is 60.4 Å². The maximum Gasteiger partial charge on any atom is 0.335 e. The number of hydrogen-bond donors (Lipinski definition) is 1. The van der Waals surface area contributed by atoms with Gasteiger partial charge in [-0.2, -0.15) is 0 Å². The average molecular weight is 434 g/mol. The van der Waals surface area contributed by atoms with E-state index in [0.717, 1.165) is 25.2 Å². The lowest BCUT2D eigenvalue weighted by molar-refractivity contribution is 0.0697. The summed E-state index contributed by atoms with van der Waals surface area (Å²) in [5.41, 5.74) is 0.340. The van der Waals surface area contributed by atoms with E-state index in [1.165, 1.54) is 30.6 Å². The molecule has 3 rings (SSSR count). The van der Waals surface area contributed by atoms with Crippen molar-refractivity contribution in [1.29, 1.82) is 0 Å². The van der Waals surface area contributed by atoms with Crippen molar-refractivity contribution in [2.24, 2.45) is 0 Å². The van der Waals surface area contributed by atoms with E-state index in [4.69, 9.17) is 0 Å². The molecule has 0 aliphatic heterocycles. The van der Waals surface area contributed by atoms with E-state index in [1.54, 1.807) is 0 Å². The number of aromatic carboxylic acids is 1. The summed E-state index contributed by atoms with van der Waals surface area (Å²) in [7, 11) is -7.49. The van der Waals surface area contributed by atoms with Crippen molar-refractivity contribution in [1.82, 2.24) is 19.9 Å². The van der Waals surface area contributed by atoms with Crippen LogP contribution >= 0.6 is 0 Å². The predicted molar refractivity (Wildman–Crippen MR) is 102 cm³/mol. The summed E-state index contributed by atoms with van der Waals surface area (Å²) in [6.45, 7) is 0. The fourth-order valence-electron chi connectivity index (χ4n) is 2.69. The van der Waals surface area contributed by atoms with Crippen LogP contribution in [0.2, 0.25) is 0 Å². The first kappa shape index (κ1) is 20.5. The van der Waals surface area contributed by atoms with Crippen molar-refractivity contribution in [2.75, 3.05) is 12.5 Å². The lowest BCUT2D eigenvalue weighted by Gasteiger charge is -2.12. The molecule has 0 atom stereocenters. The van der Waals surface area contributed by atoms with E-state index in [9.17, 15) is 26.7 Å². The van der Waals surface area contributed by atoms with Gasteiger partial charge in [0.05, 0.1) is 5.56 Å². The molecule has 0 aliphatic carbocycles. The van der Waals surface area contributed by atoms with Crippen molar-refractivity contribution < 1.29 is 26.7 Å². The number of nitrogens with zero attached hydrogens (tertiary/aromatic N) is 4. The van der Waals surface area contributed by atoms with Crippen LogP contribution in [0.1, 0.15) is 10.4 Å². The van der Waals surface area contributed by atoms with E-state index in [0.29, 0.717) is 0 Å². The van der Waals surface area contributed by atoms with Crippen LogP contribution in [0.3, 0.4) is 0 Å². The Morgan fingerprint density at radius 1 is 0.793 bits per heavy atom. The average Bonchev–Trinajstić information content (AvgIpc) is 2.66. The van der Waals surface area contributed by atoms with E-state index in [1.807, 2.05) is 0 Å². The molecule has 2 heterocycles. The number of benzene rings is 1. The van der Waals surface area contributed by atoms with Crippen molar-refractivity contribution in [3.63, 3.8) is 0 Å². The van der Waals surface area contributed by atoms with Crippen LogP contribution in [0.5, 0.6) is 0 Å². The number of aromatic nitrogens is 4. The summed E-state index contributed by atoms with van der Waals surface area (Å²) in [5.74, 6) is -1.29. The highest BCUT2D eigenvalue weighted by atomic mass is 32.2. The minimum Gasteiger partial charge on any atom is -0.478 e. The van der Waals surface area contributed by atoms with Gasteiger partial charge in [-0.1, -0.05) is 0 Å². The zero-order valence-electron chi connectivity index (χ0n) is 15.1. The van der Waals surface area contributed by atoms with Gasteiger partial charge >= 0.3 is 5.97 Å². The topological polar surface area (TPSA) is 157 Å². The molecule has 0 saturated heterocycles. The molecule has 12 heteroatoms. The Bertz CT molecular complexity index is 1240. The number of carboxylic acids is 1. The molecule has 2 aromatic heterocycles. The second kappa shape index (κ2) is 7.29. The summed E-state index contributed by atoms with van der Waals surface area (Å²) in [6.07, 6.45) is 6.55. The quantitative estimate of drug-likeness (QED) is 0.577. The Hall–Kier alpha value is -3.25. The van der Waals surface area contributed by atoms with E-state index in [2.05, 4.69) is 19.9 Å². The van der Waals surface area contributed by atoms with E-state index < -0.39 is 25.6 Å². The Balaban J connectivity index is 2.36. The Kier molecular flexibility index (Phi) is 5.15. The van der Waals surface area contributed by atoms with Crippen LogP contribution in [0.15, 0.2) is 53.3 Å². The highest BCUT2D eigenvalue weighted by molar-refractivity contribution is 7.91. The van der Waals surface area contributed by atoms with Gasteiger partial charge in [-0.15, -0.1) is 0 Å². The van der Waals surface area contributed by atoms with Crippen molar-refractivity contribution >= 4 is 25.6 Å². The third-order valence-corrected chi connectivity index (χ3v) is 5.91. The fraction of sp³-hybridized carbons (Fsp3) is 0.118. The second-order valence-electron chi connectivity index (χ2n) is 6.13. The van der Waals surface area contributed by atoms with Gasteiger partial charge in [0.2, 0.25) is 0 Å². The molecule has 0 spiro atoms. The molecule has 1 aromatic carbocycles. The second-order valence-corrected chi connectivity index (χ2v) is 9.99. The van der Waals surface area contributed by atoms with Crippen molar-refractivity contribution in [3.05, 3.63) is 48.8 Å². The summed E-state index contributed by atoms with van der Waals surface area (Å²) in [6, 6.07) is 3.94. The van der Waals surface area contributed by atoms with Crippen LogP contribution in [0, 0.1) is 0 Å². The van der Waals surface area contributed by atoms with Gasteiger partial charge in [0.15, 0.2) is 29.7 Å². The first-order valence-electron chi connectivity index (χ1n) is 7.87. The maximum absolute atomic E-state index is 12.1. The van der Waals surface area contributed by atoms with Gasteiger partial charge in [-0.25, -0.2) is 41.6 Å². The minimum absolute atomic E-state index is 0.0807. The minimum atomic E-state index is -3.74. The predicted octanol–water partition coefficient (Wildman–Crippen LogP) is 1.11. The Morgan fingerprint density at radius 2 is 1.21 bits per heavy atom. The molecule has 1 N–H and O–H groups in total. The van der Waals surface area contributed by atoms with Gasteiger partial charge in [0.1, 0.15) is 12.7 Å². The first-order chi connectivity index (χ1) is 13.5. The molecule has 10 nitrogen and oxygen atoms in total.